The molecule has 2 aromatic heterocycles. The van der Waals surface area contributed by atoms with E-state index in [1.807, 2.05) is 0 Å². The highest BCUT2D eigenvalue weighted by atomic mass is 32.2. The average Bonchev–Trinajstić information content (AvgIpc) is 2.77. The molecule has 94 valence electrons. The fourth-order valence-corrected chi connectivity index (χ4v) is 2.20. The van der Waals surface area contributed by atoms with E-state index < -0.39 is 15.8 Å². The zero-order chi connectivity index (χ0) is 13.3. The number of carbonyl (C=O) groups is 1. The van der Waals surface area contributed by atoms with Crippen LogP contribution in [0.4, 0.5) is 0 Å². The van der Waals surface area contributed by atoms with Gasteiger partial charge in [-0.3, -0.25) is 0 Å². The second-order valence-electron chi connectivity index (χ2n) is 3.58. The molecule has 2 aromatic rings. The van der Waals surface area contributed by atoms with Crippen LogP contribution in [0.2, 0.25) is 0 Å². The van der Waals surface area contributed by atoms with Gasteiger partial charge < -0.3 is 5.11 Å². The molecule has 0 spiro atoms. The Morgan fingerprint density at radius 1 is 1.44 bits per heavy atom. The molecule has 18 heavy (non-hydrogen) atoms. The van der Waals surface area contributed by atoms with E-state index in [0.29, 0.717) is 0 Å². The van der Waals surface area contributed by atoms with Gasteiger partial charge in [-0.25, -0.2) is 22.9 Å². The second-order valence-corrected chi connectivity index (χ2v) is 5.56. The molecule has 0 radical (unpaired) electrons. The molecule has 0 saturated carbocycles. The molecule has 0 aliphatic heterocycles. The van der Waals surface area contributed by atoms with E-state index in [1.165, 1.54) is 24.5 Å². The number of rotatable bonds is 3. The maximum atomic E-state index is 11.6. The molecule has 0 aromatic carbocycles. The molecule has 0 amide bonds. The van der Waals surface area contributed by atoms with Gasteiger partial charge in [-0.15, -0.1) is 0 Å². The third-order valence-corrected chi connectivity index (χ3v) is 3.31. The van der Waals surface area contributed by atoms with Gasteiger partial charge in [0.1, 0.15) is 4.90 Å². The summed E-state index contributed by atoms with van der Waals surface area (Å²) in [4.78, 5) is 14.6. The lowest BCUT2D eigenvalue weighted by molar-refractivity contribution is 0.0697. The van der Waals surface area contributed by atoms with Crippen LogP contribution in [0.1, 0.15) is 10.4 Å². The fourth-order valence-electron chi connectivity index (χ4n) is 1.39. The van der Waals surface area contributed by atoms with Crippen LogP contribution >= 0.6 is 0 Å². The first-order chi connectivity index (χ1) is 8.39. The van der Waals surface area contributed by atoms with Crippen LogP contribution in [0.5, 0.6) is 0 Å². The number of aromatic nitrogens is 3. The first-order valence-corrected chi connectivity index (χ1v) is 6.72. The lowest BCUT2D eigenvalue weighted by Crippen LogP contribution is -2.07. The summed E-state index contributed by atoms with van der Waals surface area (Å²) in [5.74, 6) is -1.06. The van der Waals surface area contributed by atoms with Gasteiger partial charge in [-0.2, -0.15) is 5.10 Å². The first-order valence-electron chi connectivity index (χ1n) is 4.83. The van der Waals surface area contributed by atoms with E-state index in [9.17, 15) is 13.2 Å². The maximum absolute atomic E-state index is 11.6. The first kappa shape index (κ1) is 12.2. The van der Waals surface area contributed by atoms with Gasteiger partial charge in [0.25, 0.3) is 0 Å². The lowest BCUT2D eigenvalue weighted by atomic mass is 10.4. The quantitative estimate of drug-likeness (QED) is 0.861. The Kier molecular flexibility index (Phi) is 2.87. The van der Waals surface area contributed by atoms with Crippen LogP contribution in [0.3, 0.4) is 0 Å². The number of hydrogen-bond acceptors (Lipinski definition) is 5. The number of nitrogens with zero attached hydrogens (tertiary/aromatic N) is 3. The van der Waals surface area contributed by atoms with Crippen molar-refractivity contribution in [3.05, 3.63) is 36.3 Å². The fraction of sp³-hybridized carbons (Fsp3) is 0.100. The molecule has 0 unspecified atom stereocenters. The van der Waals surface area contributed by atoms with Gasteiger partial charge in [0.15, 0.2) is 15.7 Å². The van der Waals surface area contributed by atoms with Gasteiger partial charge in [-0.1, -0.05) is 0 Å². The number of aromatic carboxylic acids is 1. The van der Waals surface area contributed by atoms with Gasteiger partial charge in [-0.05, 0) is 12.1 Å². The Morgan fingerprint density at radius 3 is 2.72 bits per heavy atom. The van der Waals surface area contributed by atoms with Crippen molar-refractivity contribution < 1.29 is 18.3 Å². The van der Waals surface area contributed by atoms with Crippen LogP contribution in [0.15, 0.2) is 35.6 Å². The van der Waals surface area contributed by atoms with Crippen LogP contribution in [-0.4, -0.2) is 40.5 Å². The Hall–Kier alpha value is -2.22. The summed E-state index contributed by atoms with van der Waals surface area (Å²) in [5.41, 5.74) is -0.0416. The van der Waals surface area contributed by atoms with Crippen LogP contribution in [-0.2, 0) is 9.84 Å². The molecule has 2 heterocycles. The summed E-state index contributed by atoms with van der Waals surface area (Å²) < 4.78 is 24.3. The SMILES string of the molecule is CS(=O)(=O)c1cccnc1-n1cc(C(=O)O)cn1. The summed E-state index contributed by atoms with van der Waals surface area (Å²) in [7, 11) is -3.46. The summed E-state index contributed by atoms with van der Waals surface area (Å²) >= 11 is 0. The molecule has 0 fully saturated rings. The minimum atomic E-state index is -3.46. The predicted molar refractivity (Wildman–Crippen MR) is 61.4 cm³/mol. The topological polar surface area (TPSA) is 102 Å². The van der Waals surface area contributed by atoms with Crippen molar-refractivity contribution in [1.29, 1.82) is 0 Å². The van der Waals surface area contributed by atoms with Crippen molar-refractivity contribution >= 4 is 15.8 Å². The van der Waals surface area contributed by atoms with Crippen molar-refractivity contribution in [3.8, 4) is 5.82 Å². The predicted octanol–water partition coefficient (Wildman–Crippen LogP) is 0.369. The van der Waals surface area contributed by atoms with E-state index in [1.54, 1.807) is 0 Å². The van der Waals surface area contributed by atoms with Crippen LogP contribution in [0.25, 0.3) is 5.82 Å². The third-order valence-electron chi connectivity index (χ3n) is 2.20. The minimum absolute atomic E-state index is 0.00922. The monoisotopic (exact) mass is 267 g/mol. The molecular formula is C10H9N3O4S. The molecule has 2 rings (SSSR count). The average molecular weight is 267 g/mol. The standard InChI is InChI=1S/C10H9N3O4S/c1-18(16,17)8-3-2-4-11-9(8)13-6-7(5-12-13)10(14)15/h2-6H,1H3,(H,14,15). The van der Waals surface area contributed by atoms with E-state index in [0.717, 1.165) is 17.1 Å². The van der Waals surface area contributed by atoms with E-state index >= 15 is 0 Å². The Morgan fingerprint density at radius 2 is 2.17 bits per heavy atom. The van der Waals surface area contributed by atoms with Crippen LogP contribution in [0, 0.1) is 0 Å². The number of sulfone groups is 1. The Balaban J connectivity index is 2.61. The van der Waals surface area contributed by atoms with Crippen molar-refractivity contribution in [2.45, 2.75) is 4.90 Å². The third kappa shape index (κ3) is 2.23. The van der Waals surface area contributed by atoms with E-state index in [2.05, 4.69) is 10.1 Å². The highest BCUT2D eigenvalue weighted by molar-refractivity contribution is 7.90. The molecular weight excluding hydrogens is 258 g/mol. The van der Waals surface area contributed by atoms with E-state index in [4.69, 9.17) is 5.11 Å². The largest absolute Gasteiger partial charge is 0.478 e. The highest BCUT2D eigenvalue weighted by Crippen LogP contribution is 2.16. The van der Waals surface area contributed by atoms with Gasteiger partial charge in [0, 0.05) is 18.6 Å². The molecule has 0 aliphatic rings. The molecule has 0 saturated heterocycles. The molecule has 8 heteroatoms. The zero-order valence-corrected chi connectivity index (χ0v) is 10.1. The van der Waals surface area contributed by atoms with E-state index in [-0.39, 0.29) is 16.3 Å². The Labute approximate surface area is 103 Å². The highest BCUT2D eigenvalue weighted by Gasteiger charge is 2.17. The summed E-state index contributed by atoms with van der Waals surface area (Å²) in [5, 5.41) is 12.6. The number of hydrogen-bond donors (Lipinski definition) is 1. The number of pyridine rings is 1. The van der Waals surface area contributed by atoms with Crippen molar-refractivity contribution in [2.24, 2.45) is 0 Å². The molecule has 0 atom stereocenters. The van der Waals surface area contributed by atoms with Gasteiger partial charge in [0.2, 0.25) is 0 Å². The summed E-state index contributed by atoms with van der Waals surface area (Å²) in [6.07, 6.45) is 4.80. The summed E-state index contributed by atoms with van der Waals surface area (Å²) in [6.45, 7) is 0. The van der Waals surface area contributed by atoms with Crippen molar-refractivity contribution in [3.63, 3.8) is 0 Å². The molecule has 0 bridgehead atoms. The van der Waals surface area contributed by atoms with Crippen molar-refractivity contribution in [2.75, 3.05) is 6.26 Å². The number of carboxylic acids is 1. The zero-order valence-electron chi connectivity index (χ0n) is 9.31. The number of carboxylic acid groups (broad SMARTS) is 1. The lowest BCUT2D eigenvalue weighted by Gasteiger charge is -2.05. The van der Waals surface area contributed by atoms with Gasteiger partial charge in [0.05, 0.1) is 11.8 Å². The second kappa shape index (κ2) is 4.22. The normalized spacial score (nSPS) is 11.4. The minimum Gasteiger partial charge on any atom is -0.478 e. The van der Waals surface area contributed by atoms with Crippen LogP contribution < -0.4 is 0 Å². The maximum Gasteiger partial charge on any atom is 0.338 e. The smallest absolute Gasteiger partial charge is 0.338 e. The summed E-state index contributed by atoms with van der Waals surface area (Å²) in [6, 6.07) is 2.88. The van der Waals surface area contributed by atoms with Gasteiger partial charge >= 0.3 is 5.97 Å². The van der Waals surface area contributed by atoms with Crippen molar-refractivity contribution in [1.82, 2.24) is 14.8 Å². The molecule has 7 nitrogen and oxygen atoms in total. The molecule has 1 N–H and O–H groups in total. The molecule has 0 aliphatic carbocycles. The Bertz CT molecular complexity index is 705.